The van der Waals surface area contributed by atoms with E-state index in [0.717, 1.165) is 23.4 Å². The molecule has 96 valence electrons. The van der Waals surface area contributed by atoms with Crippen LogP contribution in [-0.2, 0) is 0 Å². The van der Waals surface area contributed by atoms with E-state index in [0.29, 0.717) is 5.92 Å². The highest BCUT2D eigenvalue weighted by Gasteiger charge is 2.30. The summed E-state index contributed by atoms with van der Waals surface area (Å²) >= 11 is 0. The smallest absolute Gasteiger partial charge is 0.105 e. The fraction of sp³-hybridized carbons (Fsp3) is 0.733. The topological polar surface area (TPSA) is 39.2 Å². The van der Waals surface area contributed by atoms with Gasteiger partial charge in [0.1, 0.15) is 11.5 Å². The molecule has 0 aromatic carbocycles. The lowest BCUT2D eigenvalue weighted by Crippen LogP contribution is -2.29. The number of furan rings is 1. The molecule has 0 spiro atoms. The van der Waals surface area contributed by atoms with Crippen LogP contribution in [0.5, 0.6) is 0 Å². The standard InChI is InChI=1S/C15H25NO/c1-9-5-6-13(7-10(9)2)15(16)14-8-11(3)17-12(14)4/h8-10,13,15H,5-7,16H2,1-4H3. The minimum Gasteiger partial charge on any atom is -0.466 e. The molecule has 2 rings (SSSR count). The van der Waals surface area contributed by atoms with Gasteiger partial charge in [0, 0.05) is 11.6 Å². The van der Waals surface area contributed by atoms with Crippen LogP contribution in [0.4, 0.5) is 0 Å². The lowest BCUT2D eigenvalue weighted by molar-refractivity contribution is 0.185. The van der Waals surface area contributed by atoms with Crippen LogP contribution in [0.1, 0.15) is 56.2 Å². The number of nitrogens with two attached hydrogens (primary N) is 1. The highest BCUT2D eigenvalue weighted by Crippen LogP contribution is 2.39. The Morgan fingerprint density at radius 3 is 2.47 bits per heavy atom. The number of hydrogen-bond acceptors (Lipinski definition) is 2. The van der Waals surface area contributed by atoms with Gasteiger partial charge in [0.25, 0.3) is 0 Å². The van der Waals surface area contributed by atoms with Crippen LogP contribution >= 0.6 is 0 Å². The van der Waals surface area contributed by atoms with E-state index in [2.05, 4.69) is 19.9 Å². The Labute approximate surface area is 105 Å². The van der Waals surface area contributed by atoms with Gasteiger partial charge < -0.3 is 10.2 Å². The van der Waals surface area contributed by atoms with E-state index in [1.54, 1.807) is 0 Å². The highest BCUT2D eigenvalue weighted by atomic mass is 16.3. The molecule has 0 saturated heterocycles. The van der Waals surface area contributed by atoms with E-state index in [1.807, 2.05) is 13.8 Å². The van der Waals surface area contributed by atoms with Crippen molar-refractivity contribution in [2.75, 3.05) is 0 Å². The molecule has 1 saturated carbocycles. The monoisotopic (exact) mass is 235 g/mol. The molecule has 1 aliphatic carbocycles. The Hall–Kier alpha value is -0.760. The van der Waals surface area contributed by atoms with Crippen molar-refractivity contribution in [3.63, 3.8) is 0 Å². The Balaban J connectivity index is 2.10. The molecule has 0 radical (unpaired) electrons. The summed E-state index contributed by atoms with van der Waals surface area (Å²) in [6.45, 7) is 8.74. The number of hydrogen-bond donors (Lipinski definition) is 1. The molecule has 1 aliphatic rings. The zero-order valence-electron chi connectivity index (χ0n) is 11.5. The van der Waals surface area contributed by atoms with Gasteiger partial charge in [-0.05, 0) is 50.5 Å². The molecule has 4 unspecified atom stereocenters. The molecule has 1 fully saturated rings. The normalized spacial score (nSPS) is 31.5. The molecule has 0 bridgehead atoms. The molecule has 0 amide bonds. The molecule has 1 heterocycles. The maximum absolute atomic E-state index is 6.43. The molecule has 4 atom stereocenters. The van der Waals surface area contributed by atoms with Crippen molar-refractivity contribution in [2.24, 2.45) is 23.5 Å². The summed E-state index contributed by atoms with van der Waals surface area (Å²) < 4.78 is 5.59. The second-order valence-electron chi connectivity index (χ2n) is 5.92. The van der Waals surface area contributed by atoms with Crippen LogP contribution in [0, 0.1) is 31.6 Å². The van der Waals surface area contributed by atoms with Crippen molar-refractivity contribution >= 4 is 0 Å². The maximum Gasteiger partial charge on any atom is 0.105 e. The lowest BCUT2D eigenvalue weighted by Gasteiger charge is -2.35. The maximum atomic E-state index is 6.43. The van der Waals surface area contributed by atoms with Gasteiger partial charge in [-0.1, -0.05) is 20.3 Å². The van der Waals surface area contributed by atoms with E-state index in [1.165, 1.54) is 24.8 Å². The first-order valence-electron chi connectivity index (χ1n) is 6.81. The number of rotatable bonds is 2. The van der Waals surface area contributed by atoms with Gasteiger partial charge in [-0.25, -0.2) is 0 Å². The molecule has 1 aromatic heterocycles. The summed E-state index contributed by atoms with van der Waals surface area (Å²) in [7, 11) is 0. The second-order valence-corrected chi connectivity index (χ2v) is 5.92. The molecule has 1 aromatic rings. The fourth-order valence-corrected chi connectivity index (χ4v) is 3.15. The first-order valence-corrected chi connectivity index (χ1v) is 6.81. The summed E-state index contributed by atoms with van der Waals surface area (Å²) in [5, 5.41) is 0. The largest absolute Gasteiger partial charge is 0.466 e. The third-order valence-corrected chi connectivity index (χ3v) is 4.59. The van der Waals surface area contributed by atoms with Gasteiger partial charge in [0.2, 0.25) is 0 Å². The van der Waals surface area contributed by atoms with Crippen LogP contribution in [0.2, 0.25) is 0 Å². The summed E-state index contributed by atoms with van der Waals surface area (Å²) in [4.78, 5) is 0. The van der Waals surface area contributed by atoms with Gasteiger partial charge in [0.05, 0.1) is 0 Å². The zero-order valence-corrected chi connectivity index (χ0v) is 11.5. The first-order chi connectivity index (χ1) is 7.99. The minimum absolute atomic E-state index is 0.155. The molecule has 2 nitrogen and oxygen atoms in total. The van der Waals surface area contributed by atoms with Crippen molar-refractivity contribution in [1.29, 1.82) is 0 Å². The van der Waals surface area contributed by atoms with Gasteiger partial charge in [-0.2, -0.15) is 0 Å². The Bertz CT molecular complexity index is 382. The molecular weight excluding hydrogens is 210 g/mol. The van der Waals surface area contributed by atoms with Crippen LogP contribution in [0.25, 0.3) is 0 Å². The Kier molecular flexibility index (Phi) is 3.62. The second kappa shape index (κ2) is 4.85. The van der Waals surface area contributed by atoms with E-state index >= 15 is 0 Å². The SMILES string of the molecule is Cc1cc(C(N)C2CCC(C)C(C)C2)c(C)o1. The summed E-state index contributed by atoms with van der Waals surface area (Å²) in [6, 6.07) is 2.27. The number of aryl methyl sites for hydroxylation is 2. The van der Waals surface area contributed by atoms with Crippen LogP contribution in [-0.4, -0.2) is 0 Å². The minimum atomic E-state index is 0.155. The van der Waals surface area contributed by atoms with Crippen LogP contribution in [0.15, 0.2) is 10.5 Å². The van der Waals surface area contributed by atoms with E-state index in [4.69, 9.17) is 10.2 Å². The zero-order chi connectivity index (χ0) is 12.6. The Morgan fingerprint density at radius 1 is 1.24 bits per heavy atom. The first kappa shape index (κ1) is 12.7. The average molecular weight is 235 g/mol. The molecule has 2 N–H and O–H groups in total. The van der Waals surface area contributed by atoms with E-state index in [-0.39, 0.29) is 6.04 Å². The molecule has 17 heavy (non-hydrogen) atoms. The predicted octanol–water partition coefficient (Wildman–Crippen LogP) is 3.97. The summed E-state index contributed by atoms with van der Waals surface area (Å²) in [6.07, 6.45) is 3.83. The third-order valence-electron chi connectivity index (χ3n) is 4.59. The van der Waals surface area contributed by atoms with Crippen molar-refractivity contribution in [2.45, 2.75) is 53.0 Å². The van der Waals surface area contributed by atoms with Crippen LogP contribution < -0.4 is 5.73 Å². The van der Waals surface area contributed by atoms with Gasteiger partial charge >= 0.3 is 0 Å². The van der Waals surface area contributed by atoms with Gasteiger partial charge in [0.15, 0.2) is 0 Å². The molecular formula is C15H25NO. The average Bonchev–Trinajstić information content (AvgIpc) is 2.61. The highest BCUT2D eigenvalue weighted by molar-refractivity contribution is 5.24. The predicted molar refractivity (Wildman–Crippen MR) is 70.8 cm³/mol. The van der Waals surface area contributed by atoms with Gasteiger partial charge in [-0.15, -0.1) is 0 Å². The summed E-state index contributed by atoms with van der Waals surface area (Å²) in [5.41, 5.74) is 7.65. The van der Waals surface area contributed by atoms with E-state index < -0.39 is 0 Å². The van der Waals surface area contributed by atoms with Gasteiger partial charge in [-0.3, -0.25) is 0 Å². The lowest BCUT2D eigenvalue weighted by atomic mass is 9.72. The molecule has 2 heteroatoms. The third kappa shape index (κ3) is 2.57. The van der Waals surface area contributed by atoms with Crippen molar-refractivity contribution in [3.8, 4) is 0 Å². The Morgan fingerprint density at radius 2 is 1.94 bits per heavy atom. The summed E-state index contributed by atoms with van der Waals surface area (Å²) in [5.74, 6) is 4.25. The van der Waals surface area contributed by atoms with Crippen molar-refractivity contribution < 1.29 is 4.42 Å². The molecule has 0 aliphatic heterocycles. The quantitative estimate of drug-likeness (QED) is 0.842. The fourth-order valence-electron chi connectivity index (χ4n) is 3.15. The van der Waals surface area contributed by atoms with Crippen LogP contribution in [0.3, 0.4) is 0 Å². The van der Waals surface area contributed by atoms with Crippen molar-refractivity contribution in [3.05, 3.63) is 23.2 Å². The van der Waals surface area contributed by atoms with E-state index in [9.17, 15) is 0 Å². The van der Waals surface area contributed by atoms with Crippen molar-refractivity contribution in [1.82, 2.24) is 0 Å².